The maximum atomic E-state index is 12.2. The van der Waals surface area contributed by atoms with Crippen molar-refractivity contribution in [2.75, 3.05) is 26.7 Å². The fourth-order valence-electron chi connectivity index (χ4n) is 2.55. The third-order valence-electron chi connectivity index (χ3n) is 3.65. The number of esters is 1. The molecule has 128 valence electrons. The van der Waals surface area contributed by atoms with E-state index in [4.69, 9.17) is 9.47 Å². The highest BCUT2D eigenvalue weighted by atomic mass is 16.6. The lowest BCUT2D eigenvalue weighted by atomic mass is 10.1. The zero-order chi connectivity index (χ0) is 17.2. The molecule has 1 fully saturated rings. The van der Waals surface area contributed by atoms with E-state index in [1.54, 1.807) is 22.6 Å². The number of hydrogen-bond acceptors (Lipinski definition) is 5. The van der Waals surface area contributed by atoms with Crippen LogP contribution in [0.5, 0.6) is 0 Å². The molecule has 1 unspecified atom stereocenters. The van der Waals surface area contributed by atoms with Crippen molar-refractivity contribution < 1.29 is 19.1 Å². The summed E-state index contributed by atoms with van der Waals surface area (Å²) in [6.07, 6.45) is 1.57. The quantitative estimate of drug-likeness (QED) is 0.839. The number of nitrogens with one attached hydrogen (secondary N) is 1. The Bertz CT molecular complexity index is 589. The molecule has 0 radical (unpaired) electrons. The van der Waals surface area contributed by atoms with Crippen LogP contribution in [0.2, 0.25) is 0 Å². The zero-order valence-corrected chi connectivity index (χ0v) is 14.4. The van der Waals surface area contributed by atoms with Gasteiger partial charge in [-0.05, 0) is 32.4 Å². The Morgan fingerprint density at radius 2 is 2.04 bits per heavy atom. The summed E-state index contributed by atoms with van der Waals surface area (Å²) < 4.78 is 11.9. The van der Waals surface area contributed by atoms with Gasteiger partial charge in [-0.25, -0.2) is 9.59 Å². The van der Waals surface area contributed by atoms with Gasteiger partial charge in [0.15, 0.2) is 0 Å². The fourth-order valence-corrected chi connectivity index (χ4v) is 2.55. The molecule has 1 amide bonds. The Labute approximate surface area is 136 Å². The maximum Gasteiger partial charge on any atom is 0.410 e. The molecule has 7 nitrogen and oxygen atoms in total. The third kappa shape index (κ3) is 4.25. The average Bonchev–Trinajstić information content (AvgIpc) is 2.87. The molecule has 1 aliphatic heterocycles. The van der Waals surface area contributed by atoms with E-state index < -0.39 is 5.60 Å². The molecule has 1 atom stereocenters. The molecule has 1 aliphatic rings. The lowest BCUT2D eigenvalue weighted by Gasteiger charge is -2.34. The van der Waals surface area contributed by atoms with Crippen molar-refractivity contribution in [1.82, 2.24) is 14.8 Å². The van der Waals surface area contributed by atoms with E-state index in [0.717, 1.165) is 5.56 Å². The second kappa shape index (κ2) is 6.62. The molecule has 1 aromatic rings. The van der Waals surface area contributed by atoms with Gasteiger partial charge in [0.2, 0.25) is 0 Å². The van der Waals surface area contributed by atoms with Gasteiger partial charge in [0.25, 0.3) is 0 Å². The van der Waals surface area contributed by atoms with Crippen LogP contribution in [0.1, 0.15) is 42.9 Å². The van der Waals surface area contributed by atoms with Crippen molar-refractivity contribution in [3.05, 3.63) is 23.5 Å². The van der Waals surface area contributed by atoms with Crippen molar-refractivity contribution in [2.24, 2.45) is 7.05 Å². The van der Waals surface area contributed by atoms with Gasteiger partial charge >= 0.3 is 12.1 Å². The summed E-state index contributed by atoms with van der Waals surface area (Å²) >= 11 is 0. The number of carbonyl (C=O) groups is 2. The number of ether oxygens (including phenoxy) is 2. The van der Waals surface area contributed by atoms with E-state index in [1.165, 1.54) is 7.11 Å². The first kappa shape index (κ1) is 17.3. The number of rotatable bonds is 2. The number of aryl methyl sites for hydroxylation is 1. The minimum absolute atomic E-state index is 0.0409. The zero-order valence-electron chi connectivity index (χ0n) is 14.4. The molecule has 1 saturated heterocycles. The van der Waals surface area contributed by atoms with Crippen LogP contribution in [0.25, 0.3) is 0 Å². The van der Waals surface area contributed by atoms with Gasteiger partial charge in [-0.2, -0.15) is 0 Å². The van der Waals surface area contributed by atoms with Crippen LogP contribution in [-0.2, 0) is 16.5 Å². The summed E-state index contributed by atoms with van der Waals surface area (Å²) in [7, 11) is 3.16. The molecule has 1 aromatic heterocycles. The van der Waals surface area contributed by atoms with E-state index in [9.17, 15) is 9.59 Å². The highest BCUT2D eigenvalue weighted by Gasteiger charge is 2.29. The van der Waals surface area contributed by atoms with Crippen LogP contribution < -0.4 is 5.32 Å². The van der Waals surface area contributed by atoms with E-state index >= 15 is 0 Å². The lowest BCUT2D eigenvalue weighted by Crippen LogP contribution is -2.49. The molecular formula is C16H25N3O4. The summed E-state index contributed by atoms with van der Waals surface area (Å²) in [6.45, 7) is 7.33. The van der Waals surface area contributed by atoms with Gasteiger partial charge in [-0.15, -0.1) is 0 Å². The van der Waals surface area contributed by atoms with E-state index in [-0.39, 0.29) is 18.1 Å². The van der Waals surface area contributed by atoms with E-state index in [0.29, 0.717) is 25.3 Å². The monoisotopic (exact) mass is 323 g/mol. The predicted octanol–water partition coefficient (Wildman–Crippen LogP) is 1.69. The van der Waals surface area contributed by atoms with Gasteiger partial charge in [-0.1, -0.05) is 0 Å². The first-order chi connectivity index (χ1) is 10.7. The molecule has 1 N–H and O–H groups in total. The predicted molar refractivity (Wildman–Crippen MR) is 85.3 cm³/mol. The van der Waals surface area contributed by atoms with Crippen molar-refractivity contribution in [2.45, 2.75) is 32.4 Å². The van der Waals surface area contributed by atoms with Crippen LogP contribution >= 0.6 is 0 Å². The minimum Gasteiger partial charge on any atom is -0.464 e. The Balaban J connectivity index is 2.09. The number of aromatic nitrogens is 1. The van der Waals surface area contributed by atoms with Gasteiger partial charge in [0.05, 0.1) is 13.2 Å². The summed E-state index contributed by atoms with van der Waals surface area (Å²) in [5.41, 5.74) is 0.919. The molecule has 0 saturated carbocycles. The average molecular weight is 323 g/mol. The Kier molecular flexibility index (Phi) is 4.99. The number of nitrogens with zero attached hydrogens (tertiary/aromatic N) is 2. The number of hydrogen-bond donors (Lipinski definition) is 1. The van der Waals surface area contributed by atoms with Crippen molar-refractivity contribution in [1.29, 1.82) is 0 Å². The summed E-state index contributed by atoms with van der Waals surface area (Å²) in [4.78, 5) is 25.6. The molecule has 23 heavy (non-hydrogen) atoms. The smallest absolute Gasteiger partial charge is 0.410 e. The molecule has 0 aliphatic carbocycles. The molecule has 0 bridgehead atoms. The standard InChI is InChI=1S/C16H25N3O4/c1-16(2,3)23-15(21)19-7-6-17-12(10-19)11-8-13(14(20)22-5)18(4)9-11/h8-9,12,17H,6-7,10H2,1-5H3. The van der Waals surface area contributed by atoms with Crippen LogP contribution in [0.3, 0.4) is 0 Å². The third-order valence-corrected chi connectivity index (χ3v) is 3.65. The first-order valence-corrected chi connectivity index (χ1v) is 7.67. The molecule has 0 spiro atoms. The fraction of sp³-hybridized carbons (Fsp3) is 0.625. The van der Waals surface area contributed by atoms with Crippen LogP contribution in [0.4, 0.5) is 4.79 Å². The largest absolute Gasteiger partial charge is 0.464 e. The van der Waals surface area contributed by atoms with Gasteiger partial charge in [-0.3, -0.25) is 0 Å². The van der Waals surface area contributed by atoms with Gasteiger partial charge in [0.1, 0.15) is 11.3 Å². The topological polar surface area (TPSA) is 72.8 Å². The van der Waals surface area contributed by atoms with Crippen molar-refractivity contribution in [3.63, 3.8) is 0 Å². The molecule has 2 rings (SSSR count). The normalized spacial score (nSPS) is 18.7. The van der Waals surface area contributed by atoms with Crippen LogP contribution in [-0.4, -0.2) is 53.9 Å². The van der Waals surface area contributed by atoms with Crippen molar-refractivity contribution in [3.8, 4) is 0 Å². The summed E-state index contributed by atoms with van der Waals surface area (Å²) in [5.74, 6) is -0.376. The Morgan fingerprint density at radius 3 is 2.65 bits per heavy atom. The number of methoxy groups -OCH3 is 1. The SMILES string of the molecule is COC(=O)c1cc(C2CN(C(=O)OC(C)(C)C)CCN2)cn1C. The van der Waals surface area contributed by atoms with E-state index in [1.807, 2.05) is 27.0 Å². The van der Waals surface area contributed by atoms with Crippen molar-refractivity contribution >= 4 is 12.1 Å². The lowest BCUT2D eigenvalue weighted by molar-refractivity contribution is 0.0195. The molecule has 7 heteroatoms. The minimum atomic E-state index is -0.512. The molecule has 0 aromatic carbocycles. The second-order valence-corrected chi connectivity index (χ2v) is 6.69. The highest BCUT2D eigenvalue weighted by molar-refractivity contribution is 5.88. The summed E-state index contributed by atoms with van der Waals surface area (Å²) in [5, 5.41) is 3.37. The van der Waals surface area contributed by atoms with E-state index in [2.05, 4.69) is 5.32 Å². The Morgan fingerprint density at radius 1 is 1.35 bits per heavy atom. The summed E-state index contributed by atoms with van der Waals surface area (Å²) in [6, 6.07) is 1.75. The number of amides is 1. The molecule has 2 heterocycles. The van der Waals surface area contributed by atoms with Gasteiger partial charge in [0, 0.05) is 32.9 Å². The molecular weight excluding hydrogens is 298 g/mol. The number of carbonyl (C=O) groups excluding carboxylic acids is 2. The number of piperazine rings is 1. The maximum absolute atomic E-state index is 12.2. The first-order valence-electron chi connectivity index (χ1n) is 7.67. The highest BCUT2D eigenvalue weighted by Crippen LogP contribution is 2.21. The Hall–Kier alpha value is -2.02. The van der Waals surface area contributed by atoms with Crippen LogP contribution in [0.15, 0.2) is 12.3 Å². The van der Waals surface area contributed by atoms with Gasteiger partial charge < -0.3 is 24.3 Å². The van der Waals surface area contributed by atoms with Crippen LogP contribution in [0, 0.1) is 0 Å². The second-order valence-electron chi connectivity index (χ2n) is 6.69.